The zero-order valence-corrected chi connectivity index (χ0v) is 17.2. The Hall–Kier alpha value is -1.99. The second-order valence-electron chi connectivity index (χ2n) is 7.00. The van der Waals surface area contributed by atoms with Gasteiger partial charge in [0.05, 0.1) is 12.8 Å². The van der Waals surface area contributed by atoms with E-state index in [-0.39, 0.29) is 13.0 Å². The van der Waals surface area contributed by atoms with E-state index in [0.29, 0.717) is 0 Å². The minimum absolute atomic E-state index is 0.00712. The Labute approximate surface area is 190 Å². The molecule has 3 atom stereocenters. The predicted octanol–water partition coefficient (Wildman–Crippen LogP) is 6.50. The third kappa shape index (κ3) is 9.15. The Morgan fingerprint density at radius 2 is 1.11 bits per heavy atom. The molecular weight excluding hydrogens is 560 g/mol. The standard InChI is InChI=1S/C16H14F16O4/c1-3-9(33)35-10(2,36-16(31,32)14(27,28)8(18)5-12(22,23)24)6-34-15(29,30)13(25,26)7(17)4-11(19,20)21/h3,7-8H,1,4-6H2,2H3. The summed E-state index contributed by atoms with van der Waals surface area (Å²) in [6, 6.07) is 0. The molecule has 0 heterocycles. The van der Waals surface area contributed by atoms with Gasteiger partial charge < -0.3 is 9.47 Å². The van der Waals surface area contributed by atoms with E-state index >= 15 is 0 Å². The fourth-order valence-electron chi connectivity index (χ4n) is 2.02. The smallest absolute Gasteiger partial charge is 0.425 e. The molecule has 36 heavy (non-hydrogen) atoms. The van der Waals surface area contributed by atoms with Crippen LogP contribution in [0.15, 0.2) is 12.7 Å². The molecular formula is C16H14F16O4. The minimum atomic E-state index is -6.46. The van der Waals surface area contributed by atoms with Crippen LogP contribution in [-0.2, 0) is 19.0 Å². The van der Waals surface area contributed by atoms with E-state index in [1.54, 1.807) is 0 Å². The molecule has 0 aromatic rings. The number of carbonyl (C=O) groups excluding carboxylic acids is 1. The van der Waals surface area contributed by atoms with Crippen LogP contribution in [0.3, 0.4) is 0 Å². The van der Waals surface area contributed by atoms with Gasteiger partial charge in [0, 0.05) is 13.0 Å². The van der Waals surface area contributed by atoms with E-state index in [1.807, 2.05) is 0 Å². The van der Waals surface area contributed by atoms with Gasteiger partial charge in [-0.1, -0.05) is 6.58 Å². The zero-order chi connectivity index (χ0) is 29.2. The normalized spacial score (nSPS) is 17.8. The van der Waals surface area contributed by atoms with E-state index in [1.165, 1.54) is 0 Å². The average molecular weight is 574 g/mol. The molecule has 0 aliphatic rings. The highest BCUT2D eigenvalue weighted by Gasteiger charge is 2.69. The lowest BCUT2D eigenvalue weighted by Gasteiger charge is -2.37. The van der Waals surface area contributed by atoms with E-state index in [0.717, 1.165) is 0 Å². The number of esters is 1. The Morgan fingerprint density at radius 3 is 1.44 bits per heavy atom. The van der Waals surface area contributed by atoms with Crippen LogP contribution in [0.5, 0.6) is 0 Å². The Balaban J connectivity index is 6.02. The van der Waals surface area contributed by atoms with Gasteiger partial charge in [-0.3, -0.25) is 4.74 Å². The number of rotatable bonds is 13. The van der Waals surface area contributed by atoms with Crippen molar-refractivity contribution in [2.45, 2.75) is 74.3 Å². The van der Waals surface area contributed by atoms with Crippen molar-refractivity contribution in [3.63, 3.8) is 0 Å². The number of carbonyl (C=O) groups is 1. The van der Waals surface area contributed by atoms with Crippen LogP contribution in [-0.4, -0.2) is 67.1 Å². The number of hydrogen-bond donors (Lipinski definition) is 0. The molecule has 0 aromatic heterocycles. The number of ether oxygens (including phenoxy) is 3. The molecule has 0 radical (unpaired) electrons. The van der Waals surface area contributed by atoms with Crippen molar-refractivity contribution in [3.05, 3.63) is 12.7 Å². The Kier molecular flexibility index (Phi) is 10.2. The lowest BCUT2D eigenvalue weighted by Crippen LogP contribution is -2.58. The SMILES string of the molecule is C=CC(=O)OC(C)(COC(F)(F)C(F)(F)C(F)CC(F)(F)F)OC(F)(F)C(F)(F)C(F)CC(F)(F)F. The fourth-order valence-corrected chi connectivity index (χ4v) is 2.02. The van der Waals surface area contributed by atoms with Crippen molar-refractivity contribution < 1.29 is 89.3 Å². The maximum atomic E-state index is 13.9. The summed E-state index contributed by atoms with van der Waals surface area (Å²) in [6.07, 6.45) is -40.2. The second kappa shape index (κ2) is 10.8. The second-order valence-corrected chi connectivity index (χ2v) is 7.00. The predicted molar refractivity (Wildman–Crippen MR) is 82.7 cm³/mol. The molecule has 0 rings (SSSR count). The van der Waals surface area contributed by atoms with Crippen LogP contribution in [0.1, 0.15) is 19.8 Å². The van der Waals surface area contributed by atoms with Crippen molar-refractivity contribution in [1.82, 2.24) is 0 Å². The molecule has 0 fully saturated rings. The molecule has 0 saturated heterocycles. The van der Waals surface area contributed by atoms with Crippen molar-refractivity contribution in [2.75, 3.05) is 6.61 Å². The number of halogens is 16. The molecule has 0 bridgehead atoms. The molecule has 214 valence electrons. The van der Waals surface area contributed by atoms with Gasteiger partial charge in [0.25, 0.3) is 0 Å². The summed E-state index contributed by atoms with van der Waals surface area (Å²) in [7, 11) is 0. The Morgan fingerprint density at radius 1 is 0.750 bits per heavy atom. The highest BCUT2D eigenvalue weighted by Crippen LogP contribution is 2.47. The average Bonchev–Trinajstić information content (AvgIpc) is 2.62. The topological polar surface area (TPSA) is 44.8 Å². The first-order valence-corrected chi connectivity index (χ1v) is 8.75. The quantitative estimate of drug-likeness (QED) is 0.109. The largest absolute Gasteiger partial charge is 0.427 e. The highest BCUT2D eigenvalue weighted by molar-refractivity contribution is 5.81. The van der Waals surface area contributed by atoms with Gasteiger partial charge >= 0.3 is 42.4 Å². The van der Waals surface area contributed by atoms with E-state index in [2.05, 4.69) is 20.8 Å². The van der Waals surface area contributed by atoms with Crippen LogP contribution in [0, 0.1) is 0 Å². The van der Waals surface area contributed by atoms with E-state index in [9.17, 15) is 75.0 Å². The summed E-state index contributed by atoms with van der Waals surface area (Å²) in [4.78, 5) is 11.2. The third-order valence-corrected chi connectivity index (χ3v) is 3.73. The lowest BCUT2D eigenvalue weighted by atomic mass is 10.1. The summed E-state index contributed by atoms with van der Waals surface area (Å²) in [5.74, 6) is -18.9. The first kappa shape index (κ1) is 34.0. The summed E-state index contributed by atoms with van der Waals surface area (Å²) < 4.78 is 218. The number of hydrogen-bond acceptors (Lipinski definition) is 4. The highest BCUT2D eigenvalue weighted by atomic mass is 19.4. The molecule has 4 nitrogen and oxygen atoms in total. The summed E-state index contributed by atoms with van der Waals surface area (Å²) in [5, 5.41) is 0. The minimum Gasteiger partial charge on any atom is -0.427 e. The first-order valence-electron chi connectivity index (χ1n) is 8.75. The van der Waals surface area contributed by atoms with Crippen LogP contribution in [0.25, 0.3) is 0 Å². The first-order chi connectivity index (χ1) is 15.6. The van der Waals surface area contributed by atoms with Crippen LogP contribution in [0.2, 0.25) is 0 Å². The number of alkyl halides is 16. The van der Waals surface area contributed by atoms with Crippen LogP contribution in [0.4, 0.5) is 70.2 Å². The van der Waals surface area contributed by atoms with E-state index in [4.69, 9.17) is 0 Å². The van der Waals surface area contributed by atoms with E-state index < -0.39 is 80.0 Å². The summed E-state index contributed by atoms with van der Waals surface area (Å²) in [6.45, 7) is -0.267. The molecule has 0 aromatic carbocycles. The van der Waals surface area contributed by atoms with Gasteiger partial charge in [0.2, 0.25) is 5.79 Å². The molecule has 0 amide bonds. The Bertz CT molecular complexity index is 762. The van der Waals surface area contributed by atoms with Crippen molar-refractivity contribution in [2.24, 2.45) is 0 Å². The summed E-state index contributed by atoms with van der Waals surface area (Å²) >= 11 is 0. The molecule has 0 spiro atoms. The third-order valence-electron chi connectivity index (χ3n) is 3.73. The lowest BCUT2D eigenvalue weighted by molar-refractivity contribution is -0.443. The van der Waals surface area contributed by atoms with Gasteiger partial charge in [-0.2, -0.15) is 61.5 Å². The van der Waals surface area contributed by atoms with Gasteiger partial charge in [0.15, 0.2) is 12.3 Å². The van der Waals surface area contributed by atoms with Crippen molar-refractivity contribution >= 4 is 5.97 Å². The van der Waals surface area contributed by atoms with Gasteiger partial charge in [-0.25, -0.2) is 13.6 Å². The van der Waals surface area contributed by atoms with Crippen molar-refractivity contribution in [1.29, 1.82) is 0 Å². The summed E-state index contributed by atoms with van der Waals surface area (Å²) in [5.41, 5.74) is 0. The molecule has 0 aliphatic carbocycles. The maximum Gasteiger partial charge on any atom is 0.425 e. The molecule has 20 heteroatoms. The fraction of sp³-hybridized carbons (Fsp3) is 0.812. The zero-order valence-electron chi connectivity index (χ0n) is 17.2. The molecule has 3 unspecified atom stereocenters. The monoisotopic (exact) mass is 574 g/mol. The van der Waals surface area contributed by atoms with Crippen LogP contribution >= 0.6 is 0 Å². The van der Waals surface area contributed by atoms with Gasteiger partial charge in [0.1, 0.15) is 6.61 Å². The molecule has 0 aliphatic heterocycles. The van der Waals surface area contributed by atoms with Gasteiger partial charge in [-0.05, 0) is 0 Å². The van der Waals surface area contributed by atoms with Crippen LogP contribution < -0.4 is 0 Å². The molecule has 0 N–H and O–H groups in total. The van der Waals surface area contributed by atoms with Gasteiger partial charge in [-0.15, -0.1) is 0 Å². The van der Waals surface area contributed by atoms with Crippen molar-refractivity contribution in [3.8, 4) is 0 Å². The maximum absolute atomic E-state index is 13.9. The molecule has 0 saturated carbocycles.